The molecule has 3 nitrogen and oxygen atoms in total. The van der Waals surface area contributed by atoms with E-state index in [1.165, 1.54) is 6.20 Å². The molecule has 0 aliphatic carbocycles. The normalized spacial score (nSPS) is 24.1. The molecule has 1 saturated heterocycles. The first-order valence-corrected chi connectivity index (χ1v) is 6.02. The molecule has 2 heterocycles. The largest absolute Gasteiger partial charge is 0.482 e. The van der Waals surface area contributed by atoms with Crippen LogP contribution in [-0.4, -0.2) is 30.1 Å². The van der Waals surface area contributed by atoms with Crippen molar-refractivity contribution in [3.63, 3.8) is 0 Å². The van der Waals surface area contributed by atoms with Gasteiger partial charge in [0.25, 0.3) is 5.92 Å². The van der Waals surface area contributed by atoms with Crippen LogP contribution in [0.5, 0.6) is 5.75 Å². The smallest absolute Gasteiger partial charge is 0.296 e. The van der Waals surface area contributed by atoms with Crippen molar-refractivity contribution in [1.29, 1.82) is 0 Å². The summed E-state index contributed by atoms with van der Waals surface area (Å²) in [6.45, 7) is 0.230. The molecule has 88 valence electrons. The predicted molar refractivity (Wildman–Crippen MR) is 63.8 cm³/mol. The molecule has 0 aromatic carbocycles. The van der Waals surface area contributed by atoms with E-state index in [2.05, 4.69) is 10.3 Å². The summed E-state index contributed by atoms with van der Waals surface area (Å²) in [4.78, 5) is 3.99. The van der Waals surface area contributed by atoms with E-state index in [1.54, 1.807) is 12.1 Å². The van der Waals surface area contributed by atoms with Gasteiger partial charge in [-0.2, -0.15) is 0 Å². The first-order valence-electron chi connectivity index (χ1n) is 4.95. The minimum Gasteiger partial charge on any atom is -0.482 e. The molecule has 1 fully saturated rings. The molecule has 0 radical (unpaired) electrons. The molecule has 1 aliphatic rings. The fourth-order valence-electron chi connectivity index (χ4n) is 1.55. The molecule has 0 saturated carbocycles. The summed E-state index contributed by atoms with van der Waals surface area (Å²) in [7, 11) is 0. The maximum absolute atomic E-state index is 13.4. The second-order valence-electron chi connectivity index (χ2n) is 3.65. The average molecular weight is 340 g/mol. The van der Waals surface area contributed by atoms with Crippen molar-refractivity contribution in [1.82, 2.24) is 10.3 Å². The summed E-state index contributed by atoms with van der Waals surface area (Å²) >= 11 is 2.05. The van der Waals surface area contributed by atoms with Crippen LogP contribution in [0.15, 0.2) is 18.3 Å². The third kappa shape index (κ3) is 2.79. The maximum atomic E-state index is 13.4. The highest BCUT2D eigenvalue weighted by atomic mass is 127. The van der Waals surface area contributed by atoms with E-state index in [9.17, 15) is 8.78 Å². The maximum Gasteiger partial charge on any atom is 0.296 e. The molecule has 0 spiro atoms. The highest BCUT2D eigenvalue weighted by Gasteiger charge is 2.43. The zero-order valence-electron chi connectivity index (χ0n) is 8.42. The number of pyridine rings is 1. The average Bonchev–Trinajstić information content (AvgIpc) is 2.24. The molecular weight excluding hydrogens is 329 g/mol. The molecule has 6 heteroatoms. The van der Waals surface area contributed by atoms with Gasteiger partial charge in [-0.05, 0) is 41.3 Å². The molecule has 1 aliphatic heterocycles. The van der Waals surface area contributed by atoms with Gasteiger partial charge in [-0.3, -0.25) is 0 Å². The predicted octanol–water partition coefficient (Wildman–Crippen LogP) is 2.06. The topological polar surface area (TPSA) is 34.1 Å². The fourth-order valence-corrected chi connectivity index (χ4v) is 1.87. The number of nitrogens with one attached hydrogen (secondary N) is 1. The van der Waals surface area contributed by atoms with Gasteiger partial charge in [0.1, 0.15) is 9.45 Å². The standard InChI is InChI=1S/C10H11F2IN2O/c11-10(12)6-14-4-3-8(10)16-7-1-2-9(13)15-5-7/h1-2,5,8,14H,3-4,6H2. The quantitative estimate of drug-likeness (QED) is 0.661. The lowest BCUT2D eigenvalue weighted by molar-refractivity contribution is -0.109. The SMILES string of the molecule is FC1(F)CNCCC1Oc1ccc(I)nc1. The van der Waals surface area contributed by atoms with Gasteiger partial charge in [0.2, 0.25) is 0 Å². The first kappa shape index (κ1) is 12.0. The minimum absolute atomic E-state index is 0.305. The number of aromatic nitrogens is 1. The minimum atomic E-state index is -2.82. The summed E-state index contributed by atoms with van der Waals surface area (Å²) in [5, 5.41) is 2.65. The van der Waals surface area contributed by atoms with Gasteiger partial charge in [0, 0.05) is 6.42 Å². The summed E-state index contributed by atoms with van der Waals surface area (Å²) in [6, 6.07) is 3.39. The number of nitrogens with zero attached hydrogens (tertiary/aromatic N) is 1. The van der Waals surface area contributed by atoms with Crippen LogP contribution >= 0.6 is 22.6 Å². The molecule has 0 amide bonds. The summed E-state index contributed by atoms with van der Waals surface area (Å²) in [6.07, 6.45) is 0.717. The van der Waals surface area contributed by atoms with Crippen molar-refractivity contribution in [2.45, 2.75) is 18.4 Å². The van der Waals surface area contributed by atoms with E-state index in [4.69, 9.17) is 4.74 Å². The molecule has 1 N–H and O–H groups in total. The van der Waals surface area contributed by atoms with Crippen LogP contribution in [0.2, 0.25) is 0 Å². The summed E-state index contributed by atoms with van der Waals surface area (Å²) in [5.74, 6) is -2.42. The van der Waals surface area contributed by atoms with E-state index in [0.29, 0.717) is 18.7 Å². The first-order chi connectivity index (χ1) is 7.58. The van der Waals surface area contributed by atoms with E-state index in [-0.39, 0.29) is 6.54 Å². The number of hydrogen-bond donors (Lipinski definition) is 1. The van der Waals surface area contributed by atoms with E-state index < -0.39 is 12.0 Å². The zero-order chi connectivity index (χ0) is 11.6. The molecule has 1 aromatic rings. The van der Waals surface area contributed by atoms with E-state index >= 15 is 0 Å². The van der Waals surface area contributed by atoms with Gasteiger partial charge in [-0.25, -0.2) is 13.8 Å². The van der Waals surface area contributed by atoms with Gasteiger partial charge >= 0.3 is 0 Å². The Hall–Kier alpha value is -0.500. The number of ether oxygens (including phenoxy) is 1. The number of hydrogen-bond acceptors (Lipinski definition) is 3. The van der Waals surface area contributed by atoms with E-state index in [1.807, 2.05) is 22.6 Å². The Balaban J connectivity index is 2.05. The lowest BCUT2D eigenvalue weighted by Gasteiger charge is -2.31. The number of halogens is 3. The Bertz CT molecular complexity index is 358. The van der Waals surface area contributed by atoms with Crippen molar-refractivity contribution in [2.75, 3.05) is 13.1 Å². The highest BCUT2D eigenvalue weighted by molar-refractivity contribution is 14.1. The Kier molecular flexibility index (Phi) is 3.58. The van der Waals surface area contributed by atoms with Gasteiger partial charge in [-0.15, -0.1) is 0 Å². The molecule has 1 unspecified atom stereocenters. The second-order valence-corrected chi connectivity index (χ2v) is 4.75. The summed E-state index contributed by atoms with van der Waals surface area (Å²) < 4.78 is 32.9. The van der Waals surface area contributed by atoms with Crippen LogP contribution in [0, 0.1) is 3.70 Å². The van der Waals surface area contributed by atoms with Crippen LogP contribution < -0.4 is 10.1 Å². The lowest BCUT2D eigenvalue weighted by atomic mass is 10.1. The van der Waals surface area contributed by atoms with Crippen LogP contribution in [0.25, 0.3) is 0 Å². The van der Waals surface area contributed by atoms with Gasteiger partial charge in [0.15, 0.2) is 6.10 Å². The van der Waals surface area contributed by atoms with E-state index in [0.717, 1.165) is 3.70 Å². The molecular formula is C10H11F2IN2O. The van der Waals surface area contributed by atoms with Crippen LogP contribution in [0.3, 0.4) is 0 Å². The zero-order valence-corrected chi connectivity index (χ0v) is 10.6. The van der Waals surface area contributed by atoms with Gasteiger partial charge < -0.3 is 10.1 Å². The second kappa shape index (κ2) is 4.79. The van der Waals surface area contributed by atoms with Crippen LogP contribution in [-0.2, 0) is 0 Å². The third-order valence-electron chi connectivity index (χ3n) is 2.39. The Morgan fingerprint density at radius 3 is 2.94 bits per heavy atom. The molecule has 1 aromatic heterocycles. The van der Waals surface area contributed by atoms with Crippen molar-refractivity contribution >= 4 is 22.6 Å². The van der Waals surface area contributed by atoms with Crippen LogP contribution in [0.4, 0.5) is 8.78 Å². The van der Waals surface area contributed by atoms with Gasteiger partial charge in [0.05, 0.1) is 12.7 Å². The Labute approximate surface area is 106 Å². The fraction of sp³-hybridized carbons (Fsp3) is 0.500. The molecule has 0 bridgehead atoms. The monoisotopic (exact) mass is 340 g/mol. The number of piperidine rings is 1. The molecule has 16 heavy (non-hydrogen) atoms. The van der Waals surface area contributed by atoms with Crippen molar-refractivity contribution in [3.8, 4) is 5.75 Å². The van der Waals surface area contributed by atoms with Crippen molar-refractivity contribution < 1.29 is 13.5 Å². The summed E-state index contributed by atoms with van der Waals surface area (Å²) in [5.41, 5.74) is 0. The number of alkyl halides is 2. The Morgan fingerprint density at radius 2 is 2.31 bits per heavy atom. The van der Waals surface area contributed by atoms with Gasteiger partial charge in [-0.1, -0.05) is 0 Å². The number of rotatable bonds is 2. The highest BCUT2D eigenvalue weighted by Crippen LogP contribution is 2.27. The van der Waals surface area contributed by atoms with Crippen molar-refractivity contribution in [3.05, 3.63) is 22.0 Å². The molecule has 1 atom stereocenters. The van der Waals surface area contributed by atoms with Crippen molar-refractivity contribution in [2.24, 2.45) is 0 Å². The Morgan fingerprint density at radius 1 is 1.50 bits per heavy atom. The third-order valence-corrected chi connectivity index (χ3v) is 3.03. The lowest BCUT2D eigenvalue weighted by Crippen LogP contribution is -2.52. The molecule has 2 rings (SSSR count). The van der Waals surface area contributed by atoms with Crippen LogP contribution in [0.1, 0.15) is 6.42 Å².